The van der Waals surface area contributed by atoms with E-state index in [0.29, 0.717) is 18.9 Å². The lowest BCUT2D eigenvalue weighted by Gasteiger charge is -2.12. The highest BCUT2D eigenvalue weighted by Gasteiger charge is 2.13. The number of carbonyl (C=O) groups excluding carboxylic acids is 1. The summed E-state index contributed by atoms with van der Waals surface area (Å²) in [5.74, 6) is 5.78. The van der Waals surface area contributed by atoms with E-state index >= 15 is 0 Å². The van der Waals surface area contributed by atoms with E-state index in [1.807, 2.05) is 13.8 Å². The first-order chi connectivity index (χ1) is 6.07. The second-order valence-corrected chi connectivity index (χ2v) is 3.38. The third-order valence-corrected chi connectivity index (χ3v) is 1.59. The van der Waals surface area contributed by atoms with Crippen molar-refractivity contribution in [3.8, 4) is 11.8 Å². The molecule has 3 nitrogen and oxygen atoms in total. The maximum atomic E-state index is 11.2. The van der Waals surface area contributed by atoms with Crippen LogP contribution in [0.5, 0.6) is 0 Å². The number of hydrogen-bond acceptors (Lipinski definition) is 2. The molecule has 0 heterocycles. The highest BCUT2D eigenvalue weighted by Crippen LogP contribution is 2.01. The second-order valence-electron chi connectivity index (χ2n) is 3.38. The minimum Gasteiger partial charge on any atom is -0.344 e. The summed E-state index contributed by atoms with van der Waals surface area (Å²) in [6, 6.07) is -0.404. The Hall–Kier alpha value is -1.01. The maximum Gasteiger partial charge on any atom is 0.237 e. The Kier molecular flexibility index (Phi) is 5.99. The molecule has 0 aromatic carbocycles. The Morgan fingerprint density at radius 1 is 1.54 bits per heavy atom. The largest absolute Gasteiger partial charge is 0.344 e. The summed E-state index contributed by atoms with van der Waals surface area (Å²) >= 11 is 0. The van der Waals surface area contributed by atoms with Gasteiger partial charge in [-0.25, -0.2) is 0 Å². The van der Waals surface area contributed by atoms with Crippen LogP contribution >= 0.6 is 0 Å². The van der Waals surface area contributed by atoms with Gasteiger partial charge in [0.25, 0.3) is 0 Å². The molecule has 0 aliphatic heterocycles. The summed E-state index contributed by atoms with van der Waals surface area (Å²) in [5.41, 5.74) is 5.64. The van der Waals surface area contributed by atoms with E-state index < -0.39 is 6.04 Å². The van der Waals surface area contributed by atoms with Gasteiger partial charge in [0, 0.05) is 0 Å². The van der Waals surface area contributed by atoms with Gasteiger partial charge in [0.15, 0.2) is 0 Å². The molecular weight excluding hydrogens is 164 g/mol. The Bertz CT molecular complexity index is 213. The third kappa shape index (κ3) is 6.18. The quantitative estimate of drug-likeness (QED) is 0.622. The van der Waals surface area contributed by atoms with Gasteiger partial charge in [-0.05, 0) is 19.3 Å². The van der Waals surface area contributed by atoms with Crippen molar-refractivity contribution in [3.05, 3.63) is 0 Å². The molecule has 0 saturated carbocycles. The van der Waals surface area contributed by atoms with Gasteiger partial charge >= 0.3 is 0 Å². The topological polar surface area (TPSA) is 55.1 Å². The summed E-state index contributed by atoms with van der Waals surface area (Å²) in [6.45, 7) is 6.21. The SMILES string of the molecule is CC#CCNC(=O)C(N)CC(C)C. The van der Waals surface area contributed by atoms with E-state index in [-0.39, 0.29) is 5.91 Å². The molecule has 74 valence electrons. The van der Waals surface area contributed by atoms with Crippen LogP contribution in [0.3, 0.4) is 0 Å². The predicted molar refractivity (Wildman–Crippen MR) is 53.9 cm³/mol. The van der Waals surface area contributed by atoms with Gasteiger partial charge in [0.05, 0.1) is 12.6 Å². The van der Waals surface area contributed by atoms with E-state index in [0.717, 1.165) is 0 Å². The standard InChI is InChI=1S/C10H18N2O/c1-4-5-6-12-10(13)9(11)7-8(2)3/h8-9H,6-7,11H2,1-3H3,(H,12,13). The molecule has 0 fully saturated rings. The minimum atomic E-state index is -0.404. The van der Waals surface area contributed by atoms with Crippen molar-refractivity contribution in [2.24, 2.45) is 11.7 Å². The molecule has 13 heavy (non-hydrogen) atoms. The van der Waals surface area contributed by atoms with E-state index in [9.17, 15) is 4.79 Å². The Morgan fingerprint density at radius 2 is 2.15 bits per heavy atom. The van der Waals surface area contributed by atoms with Crippen molar-refractivity contribution in [2.75, 3.05) is 6.54 Å². The summed E-state index contributed by atoms with van der Waals surface area (Å²) in [5, 5.41) is 2.65. The van der Waals surface area contributed by atoms with E-state index in [1.165, 1.54) is 0 Å². The van der Waals surface area contributed by atoms with Crippen LogP contribution in [0.4, 0.5) is 0 Å². The predicted octanol–water partition coefficient (Wildman–Crippen LogP) is 0.499. The van der Waals surface area contributed by atoms with Crippen LogP contribution < -0.4 is 11.1 Å². The van der Waals surface area contributed by atoms with Gasteiger partial charge in [-0.2, -0.15) is 0 Å². The van der Waals surface area contributed by atoms with Crippen molar-refractivity contribution >= 4 is 5.91 Å². The molecule has 1 unspecified atom stereocenters. The fraction of sp³-hybridized carbons (Fsp3) is 0.700. The van der Waals surface area contributed by atoms with Gasteiger partial charge in [-0.15, -0.1) is 5.92 Å². The van der Waals surface area contributed by atoms with Crippen LogP contribution in [0.25, 0.3) is 0 Å². The van der Waals surface area contributed by atoms with Crippen LogP contribution in [-0.4, -0.2) is 18.5 Å². The number of amides is 1. The summed E-state index contributed by atoms with van der Waals surface area (Å²) in [7, 11) is 0. The highest BCUT2D eigenvalue weighted by atomic mass is 16.2. The van der Waals surface area contributed by atoms with Crippen molar-refractivity contribution in [2.45, 2.75) is 33.2 Å². The molecular formula is C10H18N2O. The van der Waals surface area contributed by atoms with Crippen LogP contribution in [0, 0.1) is 17.8 Å². The second kappa shape index (κ2) is 6.50. The van der Waals surface area contributed by atoms with Crippen molar-refractivity contribution < 1.29 is 4.79 Å². The van der Waals surface area contributed by atoms with Gasteiger partial charge < -0.3 is 11.1 Å². The number of rotatable bonds is 4. The lowest BCUT2D eigenvalue weighted by atomic mass is 10.0. The normalized spacial score (nSPS) is 11.8. The smallest absolute Gasteiger partial charge is 0.237 e. The van der Waals surface area contributed by atoms with E-state index in [1.54, 1.807) is 6.92 Å². The molecule has 0 rings (SSSR count). The first kappa shape index (κ1) is 12.0. The Balaban J connectivity index is 3.73. The van der Waals surface area contributed by atoms with Crippen LogP contribution in [0.1, 0.15) is 27.2 Å². The van der Waals surface area contributed by atoms with Crippen molar-refractivity contribution in [1.82, 2.24) is 5.32 Å². The van der Waals surface area contributed by atoms with Gasteiger partial charge in [-0.1, -0.05) is 19.8 Å². The fourth-order valence-corrected chi connectivity index (χ4v) is 0.966. The molecule has 3 heteroatoms. The third-order valence-electron chi connectivity index (χ3n) is 1.59. The summed E-state index contributed by atoms with van der Waals surface area (Å²) in [6.07, 6.45) is 0.714. The van der Waals surface area contributed by atoms with Crippen molar-refractivity contribution in [1.29, 1.82) is 0 Å². The van der Waals surface area contributed by atoms with Gasteiger partial charge in [0.1, 0.15) is 0 Å². The number of nitrogens with two attached hydrogens (primary N) is 1. The lowest BCUT2D eigenvalue weighted by Crippen LogP contribution is -2.41. The molecule has 0 aromatic heterocycles. The van der Waals surface area contributed by atoms with Crippen LogP contribution in [0.15, 0.2) is 0 Å². The lowest BCUT2D eigenvalue weighted by molar-refractivity contribution is -0.122. The van der Waals surface area contributed by atoms with Crippen LogP contribution in [0.2, 0.25) is 0 Å². The molecule has 0 aliphatic rings. The fourth-order valence-electron chi connectivity index (χ4n) is 0.966. The molecule has 0 bridgehead atoms. The average molecular weight is 182 g/mol. The maximum absolute atomic E-state index is 11.2. The molecule has 1 atom stereocenters. The summed E-state index contributed by atoms with van der Waals surface area (Å²) in [4.78, 5) is 11.2. The first-order valence-corrected chi connectivity index (χ1v) is 4.50. The molecule has 0 aromatic rings. The molecule has 1 amide bonds. The molecule has 0 radical (unpaired) electrons. The summed E-state index contributed by atoms with van der Waals surface area (Å²) < 4.78 is 0. The van der Waals surface area contributed by atoms with Crippen LogP contribution in [-0.2, 0) is 4.79 Å². The molecule has 0 saturated heterocycles. The van der Waals surface area contributed by atoms with Crippen molar-refractivity contribution in [3.63, 3.8) is 0 Å². The zero-order valence-electron chi connectivity index (χ0n) is 8.55. The monoisotopic (exact) mass is 182 g/mol. The molecule has 3 N–H and O–H groups in total. The Labute approximate surface area is 80.1 Å². The number of carbonyl (C=O) groups is 1. The first-order valence-electron chi connectivity index (χ1n) is 4.50. The molecule has 0 aliphatic carbocycles. The minimum absolute atomic E-state index is 0.114. The van der Waals surface area contributed by atoms with Gasteiger partial charge in [-0.3, -0.25) is 4.79 Å². The number of hydrogen-bond donors (Lipinski definition) is 2. The number of nitrogens with one attached hydrogen (secondary N) is 1. The highest BCUT2D eigenvalue weighted by molar-refractivity contribution is 5.81. The zero-order chi connectivity index (χ0) is 10.3. The van der Waals surface area contributed by atoms with E-state index in [4.69, 9.17) is 5.73 Å². The molecule has 0 spiro atoms. The van der Waals surface area contributed by atoms with Gasteiger partial charge in [0.2, 0.25) is 5.91 Å². The zero-order valence-corrected chi connectivity index (χ0v) is 8.55. The average Bonchev–Trinajstić information content (AvgIpc) is 2.03. The van der Waals surface area contributed by atoms with E-state index in [2.05, 4.69) is 17.2 Å². The Morgan fingerprint density at radius 3 is 2.62 bits per heavy atom.